The van der Waals surface area contributed by atoms with Crippen LogP contribution >= 0.6 is 0 Å². The number of anilines is 1. The molecule has 2 heterocycles. The van der Waals surface area contributed by atoms with Crippen LogP contribution in [0.5, 0.6) is 0 Å². The summed E-state index contributed by atoms with van der Waals surface area (Å²) in [5.74, 6) is -1.22. The molecule has 17 heavy (non-hydrogen) atoms. The van der Waals surface area contributed by atoms with Gasteiger partial charge in [-0.3, -0.25) is 4.79 Å². The number of rotatable bonds is 2. The van der Waals surface area contributed by atoms with Crippen molar-refractivity contribution in [1.82, 2.24) is 25.1 Å². The number of nitrogen functional groups attached to an aromatic ring is 1. The molecule has 0 fully saturated rings. The predicted octanol–water partition coefficient (Wildman–Crippen LogP) is -0.257. The van der Waals surface area contributed by atoms with Crippen LogP contribution in [0.3, 0.4) is 0 Å². The highest BCUT2D eigenvalue weighted by Crippen LogP contribution is 2.10. The van der Waals surface area contributed by atoms with Crippen LogP contribution in [0, 0.1) is 5.82 Å². The average Bonchev–Trinajstić information content (AvgIpc) is 2.80. The van der Waals surface area contributed by atoms with Gasteiger partial charge in [-0.1, -0.05) is 0 Å². The van der Waals surface area contributed by atoms with E-state index in [0.717, 1.165) is 10.9 Å². The first kappa shape index (κ1) is 11.0. The number of aromatic nitrogens is 4. The topological polar surface area (TPSA) is 98.7 Å². The van der Waals surface area contributed by atoms with Crippen molar-refractivity contribution in [3.05, 3.63) is 30.0 Å². The Labute approximate surface area is 95.5 Å². The van der Waals surface area contributed by atoms with E-state index in [9.17, 15) is 9.18 Å². The molecule has 7 nitrogen and oxygen atoms in total. The minimum absolute atomic E-state index is 0.0709. The van der Waals surface area contributed by atoms with Gasteiger partial charge in [0.1, 0.15) is 0 Å². The van der Waals surface area contributed by atoms with Gasteiger partial charge in [0, 0.05) is 13.2 Å². The molecule has 0 saturated carbocycles. The van der Waals surface area contributed by atoms with Crippen LogP contribution in [-0.2, 0) is 0 Å². The van der Waals surface area contributed by atoms with Crippen LogP contribution in [-0.4, -0.2) is 32.7 Å². The van der Waals surface area contributed by atoms with Crippen molar-refractivity contribution in [2.24, 2.45) is 0 Å². The van der Waals surface area contributed by atoms with E-state index in [1.165, 1.54) is 19.3 Å². The van der Waals surface area contributed by atoms with Gasteiger partial charge in [0.25, 0.3) is 5.91 Å². The van der Waals surface area contributed by atoms with E-state index in [-0.39, 0.29) is 23.4 Å². The first-order valence-electron chi connectivity index (χ1n) is 4.68. The van der Waals surface area contributed by atoms with Gasteiger partial charge in [0.05, 0.1) is 6.20 Å². The van der Waals surface area contributed by atoms with E-state index < -0.39 is 5.82 Å². The molecular formula is C9H9FN6O. The molecule has 0 spiro atoms. The number of carbonyl (C=O) groups excluding carboxylic acids is 1. The minimum Gasteiger partial charge on any atom is -0.368 e. The van der Waals surface area contributed by atoms with Crippen LogP contribution in [0.4, 0.5) is 10.3 Å². The smallest absolute Gasteiger partial charge is 0.271 e. The van der Waals surface area contributed by atoms with Crippen LogP contribution in [0.2, 0.25) is 0 Å². The fraction of sp³-hybridized carbons (Fsp3) is 0.111. The van der Waals surface area contributed by atoms with Crippen molar-refractivity contribution in [3.8, 4) is 5.82 Å². The SMILES string of the molecule is CNC(=O)c1ccn(-c2nc(N)ncc2F)n1. The third-order valence-corrected chi connectivity index (χ3v) is 2.01. The number of hydrogen-bond acceptors (Lipinski definition) is 5. The summed E-state index contributed by atoms with van der Waals surface area (Å²) in [7, 11) is 1.48. The quantitative estimate of drug-likeness (QED) is 0.748. The normalized spacial score (nSPS) is 10.2. The summed E-state index contributed by atoms with van der Waals surface area (Å²) < 4.78 is 14.5. The lowest BCUT2D eigenvalue weighted by Gasteiger charge is -2.01. The summed E-state index contributed by atoms with van der Waals surface area (Å²) >= 11 is 0. The Hall–Kier alpha value is -2.51. The Morgan fingerprint density at radius 2 is 2.35 bits per heavy atom. The van der Waals surface area contributed by atoms with E-state index >= 15 is 0 Å². The number of nitrogens with two attached hydrogens (primary N) is 1. The minimum atomic E-state index is -0.675. The molecule has 0 radical (unpaired) electrons. The molecule has 0 unspecified atom stereocenters. The first-order valence-corrected chi connectivity index (χ1v) is 4.68. The largest absolute Gasteiger partial charge is 0.368 e. The molecule has 88 valence electrons. The molecule has 0 saturated heterocycles. The highest BCUT2D eigenvalue weighted by molar-refractivity contribution is 5.91. The molecule has 0 aliphatic carbocycles. The zero-order valence-electron chi connectivity index (χ0n) is 8.88. The fourth-order valence-corrected chi connectivity index (χ4v) is 1.22. The Bertz CT molecular complexity index is 566. The summed E-state index contributed by atoms with van der Waals surface area (Å²) in [6.07, 6.45) is 2.36. The Morgan fingerprint density at radius 3 is 3.06 bits per heavy atom. The van der Waals surface area contributed by atoms with Gasteiger partial charge in [-0.2, -0.15) is 10.1 Å². The van der Waals surface area contributed by atoms with Crippen molar-refractivity contribution in [1.29, 1.82) is 0 Å². The van der Waals surface area contributed by atoms with Crippen molar-refractivity contribution in [2.45, 2.75) is 0 Å². The summed E-state index contributed by atoms with van der Waals surface area (Å²) in [4.78, 5) is 18.5. The van der Waals surface area contributed by atoms with Gasteiger partial charge in [-0.25, -0.2) is 14.1 Å². The van der Waals surface area contributed by atoms with E-state index in [1.807, 2.05) is 0 Å². The van der Waals surface area contributed by atoms with Crippen LogP contribution < -0.4 is 11.1 Å². The second-order valence-corrected chi connectivity index (χ2v) is 3.12. The molecule has 8 heteroatoms. The second-order valence-electron chi connectivity index (χ2n) is 3.12. The van der Waals surface area contributed by atoms with E-state index in [1.54, 1.807) is 0 Å². The molecule has 0 aliphatic rings. The maximum Gasteiger partial charge on any atom is 0.271 e. The average molecular weight is 236 g/mol. The third-order valence-electron chi connectivity index (χ3n) is 2.01. The molecule has 0 atom stereocenters. The highest BCUT2D eigenvalue weighted by Gasteiger charge is 2.12. The Morgan fingerprint density at radius 1 is 1.59 bits per heavy atom. The maximum atomic E-state index is 13.4. The molecule has 2 aromatic rings. The van der Waals surface area contributed by atoms with E-state index in [4.69, 9.17) is 5.73 Å². The van der Waals surface area contributed by atoms with Crippen molar-refractivity contribution in [3.63, 3.8) is 0 Å². The van der Waals surface area contributed by atoms with Crippen molar-refractivity contribution in [2.75, 3.05) is 12.8 Å². The highest BCUT2D eigenvalue weighted by atomic mass is 19.1. The molecule has 0 aliphatic heterocycles. The Kier molecular flexibility index (Phi) is 2.69. The first-order chi connectivity index (χ1) is 8.11. The second kappa shape index (κ2) is 4.16. The Balaban J connectivity index is 2.43. The molecule has 0 aromatic carbocycles. The summed E-state index contributed by atoms with van der Waals surface area (Å²) in [6.45, 7) is 0. The molecule has 2 aromatic heterocycles. The number of nitrogens with one attached hydrogen (secondary N) is 1. The number of nitrogens with zero attached hydrogens (tertiary/aromatic N) is 4. The predicted molar refractivity (Wildman–Crippen MR) is 56.9 cm³/mol. The van der Waals surface area contributed by atoms with E-state index in [0.29, 0.717) is 0 Å². The van der Waals surface area contributed by atoms with E-state index in [2.05, 4.69) is 20.4 Å². The van der Waals surface area contributed by atoms with Gasteiger partial charge in [-0.15, -0.1) is 0 Å². The number of hydrogen-bond donors (Lipinski definition) is 2. The number of halogens is 1. The van der Waals surface area contributed by atoms with Crippen LogP contribution in [0.25, 0.3) is 5.82 Å². The summed E-state index contributed by atoms with van der Waals surface area (Å²) in [6, 6.07) is 1.44. The van der Waals surface area contributed by atoms with Crippen LogP contribution in [0.15, 0.2) is 18.5 Å². The lowest BCUT2D eigenvalue weighted by atomic mass is 10.4. The lowest BCUT2D eigenvalue weighted by Crippen LogP contribution is -2.18. The standard InChI is InChI=1S/C9H9FN6O/c1-12-8(17)6-2-3-16(15-6)7-5(10)4-13-9(11)14-7/h2-4H,1H3,(H,12,17)(H2,11,13,14). The summed E-state index contributed by atoms with van der Waals surface area (Å²) in [5, 5.41) is 6.28. The molecule has 3 N–H and O–H groups in total. The van der Waals surface area contributed by atoms with Crippen molar-refractivity contribution < 1.29 is 9.18 Å². The van der Waals surface area contributed by atoms with Gasteiger partial charge >= 0.3 is 0 Å². The maximum absolute atomic E-state index is 13.4. The summed E-state index contributed by atoms with van der Waals surface area (Å²) in [5.41, 5.74) is 5.50. The number of amides is 1. The molecule has 2 rings (SSSR count). The van der Waals surface area contributed by atoms with Gasteiger partial charge < -0.3 is 11.1 Å². The van der Waals surface area contributed by atoms with Gasteiger partial charge in [0.2, 0.25) is 5.95 Å². The molecular weight excluding hydrogens is 227 g/mol. The molecule has 1 amide bonds. The third kappa shape index (κ3) is 2.05. The fourth-order valence-electron chi connectivity index (χ4n) is 1.22. The molecule has 0 bridgehead atoms. The zero-order chi connectivity index (χ0) is 12.4. The van der Waals surface area contributed by atoms with Crippen molar-refractivity contribution >= 4 is 11.9 Å². The van der Waals surface area contributed by atoms with Crippen LogP contribution in [0.1, 0.15) is 10.5 Å². The zero-order valence-corrected chi connectivity index (χ0v) is 8.88. The number of carbonyl (C=O) groups is 1. The monoisotopic (exact) mass is 236 g/mol. The van der Waals surface area contributed by atoms with Gasteiger partial charge in [-0.05, 0) is 6.07 Å². The lowest BCUT2D eigenvalue weighted by molar-refractivity contribution is 0.0957. The van der Waals surface area contributed by atoms with Gasteiger partial charge in [0.15, 0.2) is 17.3 Å².